The maximum absolute atomic E-state index is 6.19. The van der Waals surface area contributed by atoms with Gasteiger partial charge in [0.05, 0.1) is 29.7 Å². The molecule has 3 rings (SSSR count). The topological polar surface area (TPSA) is 78.0 Å². The van der Waals surface area contributed by atoms with E-state index in [0.717, 1.165) is 34.3 Å². The smallest absolute Gasteiger partial charge is 0.152 e. The van der Waals surface area contributed by atoms with E-state index < -0.39 is 0 Å². The molecule has 6 nitrogen and oxygen atoms in total. The Morgan fingerprint density at radius 2 is 2.00 bits per heavy atom. The summed E-state index contributed by atoms with van der Waals surface area (Å²) in [6.45, 7) is 8.47. The van der Waals surface area contributed by atoms with Crippen LogP contribution >= 0.6 is 0 Å². The molecule has 3 N–H and O–H groups in total. The van der Waals surface area contributed by atoms with Crippen molar-refractivity contribution in [1.29, 1.82) is 0 Å². The highest BCUT2D eigenvalue weighted by atomic mass is 16.5. The third-order valence-corrected chi connectivity index (χ3v) is 4.31. The molecule has 0 bridgehead atoms. The highest BCUT2D eigenvalue weighted by molar-refractivity contribution is 6.06. The van der Waals surface area contributed by atoms with Gasteiger partial charge in [-0.1, -0.05) is 25.1 Å². The number of para-hydroxylation sites is 1. The molecule has 0 fully saturated rings. The monoisotopic (exact) mass is 327 g/mol. The third-order valence-electron chi connectivity index (χ3n) is 4.31. The van der Waals surface area contributed by atoms with Gasteiger partial charge in [-0.3, -0.25) is 0 Å². The molecule has 0 unspecified atom stereocenters. The maximum Gasteiger partial charge on any atom is 0.152 e. The summed E-state index contributed by atoms with van der Waals surface area (Å²) in [6, 6.07) is 8.04. The molecular weight excluding hydrogens is 302 g/mol. The summed E-state index contributed by atoms with van der Waals surface area (Å²) in [6.07, 6.45) is 0. The fourth-order valence-electron chi connectivity index (χ4n) is 2.89. The van der Waals surface area contributed by atoms with Crippen LogP contribution in [-0.2, 0) is 17.8 Å². The number of hydrogen-bond donors (Lipinski definition) is 2. The molecule has 3 aromatic rings. The number of hydrogen-bond acceptors (Lipinski definition) is 5. The number of nitrogens with one attached hydrogen (secondary N) is 1. The summed E-state index contributed by atoms with van der Waals surface area (Å²) in [5.74, 6) is 1.41. The maximum atomic E-state index is 6.19. The predicted octanol–water partition coefficient (Wildman–Crippen LogP) is 2.70. The second kappa shape index (κ2) is 6.37. The highest BCUT2D eigenvalue weighted by Gasteiger charge is 2.23. The Morgan fingerprint density at radius 3 is 2.71 bits per heavy atom. The summed E-state index contributed by atoms with van der Waals surface area (Å²) in [4.78, 5) is 9.28. The van der Waals surface area contributed by atoms with Crippen LogP contribution in [0, 0.1) is 0 Å². The van der Waals surface area contributed by atoms with Crippen LogP contribution in [0.3, 0.4) is 0 Å². The van der Waals surface area contributed by atoms with Gasteiger partial charge in [0.1, 0.15) is 11.3 Å². The minimum Gasteiger partial charge on any atom is -0.382 e. The summed E-state index contributed by atoms with van der Waals surface area (Å²) in [5, 5.41) is 4.41. The van der Waals surface area contributed by atoms with E-state index >= 15 is 0 Å². The molecule has 0 radical (unpaired) electrons. The lowest BCUT2D eigenvalue weighted by atomic mass is 10.1. The van der Waals surface area contributed by atoms with Gasteiger partial charge in [-0.25, -0.2) is 9.97 Å². The lowest BCUT2D eigenvalue weighted by Crippen LogP contribution is -2.30. The van der Waals surface area contributed by atoms with Gasteiger partial charge in [-0.05, 0) is 26.5 Å². The largest absolute Gasteiger partial charge is 0.382 e. The van der Waals surface area contributed by atoms with Crippen LogP contribution in [0.1, 0.15) is 26.6 Å². The van der Waals surface area contributed by atoms with Crippen molar-refractivity contribution in [1.82, 2.24) is 19.9 Å². The van der Waals surface area contributed by atoms with Crippen molar-refractivity contribution in [2.24, 2.45) is 0 Å². The summed E-state index contributed by atoms with van der Waals surface area (Å²) in [5.41, 5.74) is 8.54. The van der Waals surface area contributed by atoms with Crippen LogP contribution in [0.25, 0.3) is 21.9 Å². The Kier molecular flexibility index (Phi) is 4.43. The van der Waals surface area contributed by atoms with Gasteiger partial charge in [0.15, 0.2) is 5.82 Å². The Hall–Kier alpha value is -2.18. The van der Waals surface area contributed by atoms with Crippen LogP contribution in [0.2, 0.25) is 0 Å². The van der Waals surface area contributed by atoms with E-state index in [1.807, 2.05) is 18.2 Å². The number of aromatic nitrogens is 3. The van der Waals surface area contributed by atoms with Gasteiger partial charge in [0.25, 0.3) is 0 Å². The standard InChI is InChI=1S/C18H25N5O/c1-5-20-10-14-22-15-16(23(14)11-18(2,3)24-4)12-8-6-7-9-13(12)21-17(15)19/h6-9,20H,5,10-11H2,1-4H3,(H2,19,21). The van der Waals surface area contributed by atoms with Gasteiger partial charge in [-0.2, -0.15) is 0 Å². The number of imidazole rings is 1. The number of nitrogens with two attached hydrogens (primary N) is 1. The van der Waals surface area contributed by atoms with Crippen LogP contribution in [0.4, 0.5) is 5.82 Å². The molecule has 24 heavy (non-hydrogen) atoms. The van der Waals surface area contributed by atoms with E-state index in [1.165, 1.54) is 0 Å². The third kappa shape index (κ3) is 2.95. The van der Waals surface area contributed by atoms with E-state index in [4.69, 9.17) is 15.5 Å². The van der Waals surface area contributed by atoms with Crippen molar-refractivity contribution in [3.63, 3.8) is 0 Å². The molecule has 6 heteroatoms. The number of benzene rings is 1. The van der Waals surface area contributed by atoms with Gasteiger partial charge >= 0.3 is 0 Å². The minimum atomic E-state index is -0.312. The average molecular weight is 327 g/mol. The molecule has 0 spiro atoms. The first kappa shape index (κ1) is 16.7. The molecule has 0 saturated heterocycles. The van der Waals surface area contributed by atoms with Crippen LogP contribution in [-0.4, -0.2) is 33.8 Å². The van der Waals surface area contributed by atoms with Crippen molar-refractivity contribution in [2.45, 2.75) is 39.5 Å². The average Bonchev–Trinajstić information content (AvgIpc) is 2.92. The SMILES string of the molecule is CCNCc1nc2c(N)nc3ccccc3c2n1CC(C)(C)OC. The first-order valence-corrected chi connectivity index (χ1v) is 8.26. The van der Waals surface area contributed by atoms with Gasteiger partial charge < -0.3 is 20.4 Å². The molecule has 2 heterocycles. The van der Waals surface area contributed by atoms with Gasteiger partial charge in [0.2, 0.25) is 0 Å². The highest BCUT2D eigenvalue weighted by Crippen LogP contribution is 2.30. The van der Waals surface area contributed by atoms with E-state index in [1.54, 1.807) is 7.11 Å². The molecule has 0 aliphatic heterocycles. The minimum absolute atomic E-state index is 0.312. The van der Waals surface area contributed by atoms with E-state index in [9.17, 15) is 0 Å². The van der Waals surface area contributed by atoms with Crippen LogP contribution < -0.4 is 11.1 Å². The molecule has 128 valence electrons. The molecule has 1 aromatic carbocycles. The zero-order chi connectivity index (χ0) is 17.3. The molecule has 0 aliphatic carbocycles. The first-order chi connectivity index (χ1) is 11.5. The number of nitrogen functional groups attached to an aromatic ring is 1. The molecule has 0 aliphatic rings. The molecular formula is C18H25N5O. The summed E-state index contributed by atoms with van der Waals surface area (Å²) >= 11 is 0. The zero-order valence-corrected chi connectivity index (χ0v) is 14.8. The van der Waals surface area contributed by atoms with Crippen molar-refractivity contribution in [3.05, 3.63) is 30.1 Å². The Labute approximate surface area is 142 Å². The van der Waals surface area contributed by atoms with Crippen molar-refractivity contribution >= 4 is 27.8 Å². The number of fused-ring (bicyclic) bond motifs is 3. The van der Waals surface area contributed by atoms with Gasteiger partial charge in [-0.15, -0.1) is 0 Å². The molecule has 0 atom stereocenters. The zero-order valence-electron chi connectivity index (χ0n) is 14.8. The van der Waals surface area contributed by atoms with Crippen LogP contribution in [0.5, 0.6) is 0 Å². The second-order valence-electron chi connectivity index (χ2n) is 6.57. The van der Waals surface area contributed by atoms with Crippen LogP contribution in [0.15, 0.2) is 24.3 Å². The first-order valence-electron chi connectivity index (χ1n) is 8.26. The Balaban J connectivity index is 2.30. The lowest BCUT2D eigenvalue weighted by Gasteiger charge is -2.25. The number of methoxy groups -OCH3 is 1. The van der Waals surface area contributed by atoms with E-state index in [0.29, 0.717) is 18.9 Å². The molecule has 2 aromatic heterocycles. The summed E-state index contributed by atoms with van der Waals surface area (Å²) < 4.78 is 7.86. The Bertz CT molecular complexity index is 869. The van der Waals surface area contributed by atoms with E-state index in [-0.39, 0.29) is 5.60 Å². The number of nitrogens with zero attached hydrogens (tertiary/aromatic N) is 3. The molecule has 0 amide bonds. The van der Waals surface area contributed by atoms with E-state index in [2.05, 4.69) is 41.7 Å². The number of ether oxygens (including phenoxy) is 1. The van der Waals surface area contributed by atoms with Crippen molar-refractivity contribution < 1.29 is 4.74 Å². The normalized spacial score (nSPS) is 12.3. The summed E-state index contributed by atoms with van der Waals surface area (Å²) in [7, 11) is 1.73. The number of pyridine rings is 1. The van der Waals surface area contributed by atoms with Crippen molar-refractivity contribution in [3.8, 4) is 0 Å². The Morgan fingerprint density at radius 1 is 1.25 bits per heavy atom. The lowest BCUT2D eigenvalue weighted by molar-refractivity contribution is 0.00841. The van der Waals surface area contributed by atoms with Crippen molar-refractivity contribution in [2.75, 3.05) is 19.4 Å². The second-order valence-corrected chi connectivity index (χ2v) is 6.57. The molecule has 0 saturated carbocycles. The van der Waals surface area contributed by atoms with Gasteiger partial charge in [0, 0.05) is 12.5 Å². The fraction of sp³-hybridized carbons (Fsp3) is 0.444. The fourth-order valence-corrected chi connectivity index (χ4v) is 2.89. The quantitative estimate of drug-likeness (QED) is 0.728. The number of rotatable bonds is 6. The predicted molar refractivity (Wildman–Crippen MR) is 97.9 cm³/mol. The number of anilines is 1.